The molecule has 0 aliphatic heterocycles. The van der Waals surface area contributed by atoms with Crippen LogP contribution in [-0.4, -0.2) is 34.2 Å². The van der Waals surface area contributed by atoms with Crippen molar-refractivity contribution < 1.29 is 22.7 Å². The highest BCUT2D eigenvalue weighted by Crippen LogP contribution is 2.32. The quantitative estimate of drug-likeness (QED) is 0.185. The van der Waals surface area contributed by atoms with Crippen LogP contribution in [0.25, 0.3) is 0 Å². The van der Waals surface area contributed by atoms with Gasteiger partial charge in [-0.05, 0) is 72.6 Å². The maximum atomic E-state index is 13.5. The Balaban J connectivity index is 1.44. The van der Waals surface area contributed by atoms with Crippen LogP contribution in [0.2, 0.25) is 5.02 Å². The van der Waals surface area contributed by atoms with Gasteiger partial charge < -0.3 is 9.47 Å². The Bertz CT molecular complexity index is 1580. The molecule has 10 heteroatoms. The summed E-state index contributed by atoms with van der Waals surface area (Å²) in [5.74, 6) is 0.436. The fourth-order valence-corrected chi connectivity index (χ4v) is 5.36. The molecule has 1 amide bonds. The fourth-order valence-electron chi connectivity index (χ4n) is 3.70. The van der Waals surface area contributed by atoms with Crippen LogP contribution in [0.4, 0.5) is 5.69 Å². The van der Waals surface area contributed by atoms with Gasteiger partial charge in [-0.1, -0.05) is 59.6 Å². The third-order valence-electron chi connectivity index (χ3n) is 5.85. The summed E-state index contributed by atoms with van der Waals surface area (Å²) in [7, 11) is -2.65. The lowest BCUT2D eigenvalue weighted by Gasteiger charge is -2.24. The van der Waals surface area contributed by atoms with E-state index in [1.54, 1.807) is 42.5 Å². The Morgan fingerprint density at radius 2 is 1.68 bits per heavy atom. The van der Waals surface area contributed by atoms with Gasteiger partial charge >= 0.3 is 0 Å². The third-order valence-corrected chi connectivity index (χ3v) is 7.93. The van der Waals surface area contributed by atoms with E-state index in [-0.39, 0.29) is 15.6 Å². The number of methoxy groups -OCH3 is 1. The molecule has 0 bridgehead atoms. The van der Waals surface area contributed by atoms with Gasteiger partial charge in [0.15, 0.2) is 0 Å². The number of halogens is 1. The number of sulfonamides is 1. The molecule has 1 N–H and O–H groups in total. The minimum absolute atomic E-state index is 0.0379. The van der Waals surface area contributed by atoms with Crippen molar-refractivity contribution in [3.8, 4) is 11.5 Å². The van der Waals surface area contributed by atoms with E-state index < -0.39 is 22.5 Å². The smallest absolute Gasteiger partial charge is 0.264 e. The molecular weight excluding hydrogens is 550 g/mol. The zero-order valence-corrected chi connectivity index (χ0v) is 23.5. The Morgan fingerprint density at radius 1 is 0.975 bits per heavy atom. The van der Waals surface area contributed by atoms with Crippen molar-refractivity contribution in [2.24, 2.45) is 5.10 Å². The number of carbonyl (C=O) groups is 1. The summed E-state index contributed by atoms with van der Waals surface area (Å²) in [6.07, 6.45) is 1.46. The van der Waals surface area contributed by atoms with E-state index in [0.717, 1.165) is 21.0 Å². The second kappa shape index (κ2) is 13.1. The van der Waals surface area contributed by atoms with Crippen LogP contribution >= 0.6 is 11.6 Å². The number of hydrogen-bond acceptors (Lipinski definition) is 6. The Morgan fingerprint density at radius 3 is 2.33 bits per heavy atom. The van der Waals surface area contributed by atoms with Crippen molar-refractivity contribution in [3.05, 3.63) is 119 Å². The van der Waals surface area contributed by atoms with Crippen molar-refractivity contribution >= 4 is 39.4 Å². The summed E-state index contributed by atoms with van der Waals surface area (Å²) in [5, 5.41) is 4.20. The van der Waals surface area contributed by atoms with Crippen LogP contribution in [0.1, 0.15) is 16.7 Å². The SMILES string of the molecule is COc1ccc(N(CC(=O)N/N=C\c2ccc(OCc3ccccc3)cc2)S(=O)(=O)c2ccc(C)cc2)cc1Cl. The highest BCUT2D eigenvalue weighted by atomic mass is 35.5. The van der Waals surface area contributed by atoms with Gasteiger partial charge in [0, 0.05) is 0 Å². The molecule has 0 saturated carbocycles. The van der Waals surface area contributed by atoms with Crippen LogP contribution in [0, 0.1) is 6.92 Å². The van der Waals surface area contributed by atoms with Gasteiger partial charge in [0.1, 0.15) is 24.7 Å². The molecule has 0 heterocycles. The number of anilines is 1. The van der Waals surface area contributed by atoms with Crippen molar-refractivity contribution in [2.75, 3.05) is 18.0 Å². The van der Waals surface area contributed by atoms with E-state index in [9.17, 15) is 13.2 Å². The number of benzene rings is 4. The number of nitrogens with zero attached hydrogens (tertiary/aromatic N) is 2. The van der Waals surface area contributed by atoms with Crippen LogP contribution in [0.3, 0.4) is 0 Å². The number of rotatable bonds is 11. The molecule has 8 nitrogen and oxygen atoms in total. The number of hydrazone groups is 1. The second-order valence-electron chi connectivity index (χ2n) is 8.78. The molecule has 4 rings (SSSR count). The van der Waals surface area contributed by atoms with Gasteiger partial charge in [-0.25, -0.2) is 13.8 Å². The van der Waals surface area contributed by atoms with Gasteiger partial charge in [0.25, 0.3) is 15.9 Å². The van der Waals surface area contributed by atoms with Gasteiger partial charge in [-0.3, -0.25) is 9.10 Å². The number of carbonyl (C=O) groups excluding carboxylic acids is 1. The van der Waals surface area contributed by atoms with Crippen LogP contribution in [-0.2, 0) is 21.4 Å². The highest BCUT2D eigenvalue weighted by Gasteiger charge is 2.27. The van der Waals surface area contributed by atoms with Gasteiger partial charge in [-0.15, -0.1) is 0 Å². The lowest BCUT2D eigenvalue weighted by atomic mass is 10.2. The third kappa shape index (κ3) is 7.40. The first kappa shape index (κ1) is 28.7. The van der Waals surface area contributed by atoms with Crippen molar-refractivity contribution in [1.29, 1.82) is 0 Å². The normalized spacial score (nSPS) is 11.3. The number of ether oxygens (including phenoxy) is 2. The largest absolute Gasteiger partial charge is 0.495 e. The summed E-state index contributed by atoms with van der Waals surface area (Å²) < 4.78 is 39.0. The molecule has 0 fully saturated rings. The molecule has 0 unspecified atom stereocenters. The molecule has 0 saturated heterocycles. The van der Waals surface area contributed by atoms with Crippen LogP contribution in [0.5, 0.6) is 11.5 Å². The summed E-state index contributed by atoms with van der Waals surface area (Å²) in [6.45, 7) is 1.78. The second-order valence-corrected chi connectivity index (χ2v) is 11.0. The maximum Gasteiger partial charge on any atom is 0.264 e. The topological polar surface area (TPSA) is 97.3 Å². The molecule has 0 aliphatic rings. The van der Waals surface area contributed by atoms with Crippen molar-refractivity contribution in [3.63, 3.8) is 0 Å². The number of amides is 1. The summed E-state index contributed by atoms with van der Waals surface area (Å²) >= 11 is 6.26. The van der Waals surface area contributed by atoms with E-state index in [4.69, 9.17) is 21.1 Å². The van der Waals surface area contributed by atoms with Crippen molar-refractivity contribution in [2.45, 2.75) is 18.4 Å². The molecule has 0 aromatic heterocycles. The van der Waals surface area contributed by atoms with Gasteiger partial charge in [0.05, 0.1) is 28.9 Å². The van der Waals surface area contributed by atoms with Crippen LogP contribution in [0.15, 0.2) is 107 Å². The van der Waals surface area contributed by atoms with Crippen molar-refractivity contribution in [1.82, 2.24) is 5.43 Å². The Kier molecular flexibility index (Phi) is 9.42. The number of aryl methyl sites for hydroxylation is 1. The summed E-state index contributed by atoms with van der Waals surface area (Å²) in [6, 6.07) is 27.9. The Hall–Kier alpha value is -4.34. The fraction of sp³-hybridized carbons (Fsp3) is 0.133. The molecular formula is C30H28ClN3O5S. The average molecular weight is 578 g/mol. The minimum Gasteiger partial charge on any atom is -0.495 e. The first-order valence-corrected chi connectivity index (χ1v) is 14.1. The summed E-state index contributed by atoms with van der Waals surface area (Å²) in [5.41, 5.74) is 5.29. The predicted molar refractivity (Wildman–Crippen MR) is 157 cm³/mol. The van der Waals surface area contributed by atoms with Gasteiger partial charge in [0.2, 0.25) is 0 Å². The van der Waals surface area contributed by atoms with Gasteiger partial charge in [-0.2, -0.15) is 5.10 Å². The molecule has 0 spiro atoms. The molecule has 0 aliphatic carbocycles. The van der Waals surface area contributed by atoms with E-state index in [1.165, 1.54) is 37.6 Å². The Labute approximate surface area is 238 Å². The first-order valence-electron chi connectivity index (χ1n) is 12.3. The first-order chi connectivity index (χ1) is 19.3. The molecule has 4 aromatic rings. The minimum atomic E-state index is -4.10. The standard InChI is InChI=1S/C30H28ClN3O5S/c1-22-8-15-27(16-9-22)40(36,37)34(25-12-17-29(38-2)28(31)18-25)20-30(35)33-32-19-23-10-13-26(14-11-23)39-21-24-6-4-3-5-7-24/h3-19H,20-21H2,1-2H3,(H,33,35)/b32-19-. The lowest BCUT2D eigenvalue weighted by Crippen LogP contribution is -2.39. The number of nitrogens with one attached hydrogen (secondary N) is 1. The molecule has 40 heavy (non-hydrogen) atoms. The average Bonchev–Trinajstić information content (AvgIpc) is 2.96. The summed E-state index contributed by atoms with van der Waals surface area (Å²) in [4.78, 5) is 12.9. The van der Waals surface area contributed by atoms with E-state index in [0.29, 0.717) is 18.1 Å². The van der Waals surface area contributed by atoms with E-state index in [1.807, 2.05) is 37.3 Å². The number of hydrogen-bond donors (Lipinski definition) is 1. The van der Waals surface area contributed by atoms with E-state index >= 15 is 0 Å². The zero-order valence-electron chi connectivity index (χ0n) is 22.0. The molecule has 206 valence electrons. The monoisotopic (exact) mass is 577 g/mol. The maximum absolute atomic E-state index is 13.5. The van der Waals surface area contributed by atoms with Crippen LogP contribution < -0.4 is 19.2 Å². The molecule has 0 radical (unpaired) electrons. The molecule has 4 aromatic carbocycles. The zero-order chi connectivity index (χ0) is 28.5. The predicted octanol–water partition coefficient (Wildman–Crippen LogP) is 5.58. The highest BCUT2D eigenvalue weighted by molar-refractivity contribution is 7.92. The molecule has 0 atom stereocenters. The lowest BCUT2D eigenvalue weighted by molar-refractivity contribution is -0.119. The van der Waals surface area contributed by atoms with E-state index in [2.05, 4.69) is 10.5 Å².